The van der Waals surface area contributed by atoms with Gasteiger partial charge in [-0.25, -0.2) is 8.42 Å². The number of sulfone groups is 1. The predicted molar refractivity (Wildman–Crippen MR) is 69.1 cm³/mol. The second-order valence-electron chi connectivity index (χ2n) is 4.95. The molecule has 1 aromatic rings. The van der Waals surface area contributed by atoms with Crippen molar-refractivity contribution in [1.29, 1.82) is 0 Å². The summed E-state index contributed by atoms with van der Waals surface area (Å²) in [5.41, 5.74) is 2.13. The molecule has 0 aromatic heterocycles. The molecule has 0 aliphatic carbocycles. The van der Waals surface area contributed by atoms with Crippen molar-refractivity contribution in [2.24, 2.45) is 0 Å². The molecule has 0 fully saturated rings. The number of hydrogen-bond donors (Lipinski definition) is 1. The van der Waals surface area contributed by atoms with Gasteiger partial charge in [0.25, 0.3) is 0 Å². The molecule has 1 N–H and O–H groups in total. The average Bonchev–Trinajstić information content (AvgIpc) is 2.50. The number of nitrogens with one attached hydrogen (secondary N) is 1. The molecular formula is C13H19NO2S. The first-order valence-corrected chi connectivity index (χ1v) is 7.60. The van der Waals surface area contributed by atoms with E-state index in [1.807, 2.05) is 26.1 Å². The molecule has 1 aliphatic rings. The number of aryl methyl sites for hydroxylation is 1. The van der Waals surface area contributed by atoms with Crippen molar-refractivity contribution in [3.8, 4) is 0 Å². The summed E-state index contributed by atoms with van der Waals surface area (Å²) in [5, 5.41) is 3.17. The lowest BCUT2D eigenvalue weighted by molar-refractivity contribution is 0.517. The first kappa shape index (κ1) is 12.6. The quantitative estimate of drug-likeness (QED) is 0.894. The molecule has 0 saturated heterocycles. The van der Waals surface area contributed by atoms with Gasteiger partial charge in [0.15, 0.2) is 9.84 Å². The van der Waals surface area contributed by atoms with E-state index in [2.05, 4.69) is 12.2 Å². The van der Waals surface area contributed by atoms with Gasteiger partial charge in [-0.15, -0.1) is 0 Å². The van der Waals surface area contributed by atoms with E-state index in [-0.39, 0.29) is 11.7 Å². The summed E-state index contributed by atoms with van der Waals surface area (Å²) in [5.74, 6) is 0.398. The van der Waals surface area contributed by atoms with Crippen molar-refractivity contribution < 1.29 is 8.42 Å². The average molecular weight is 253 g/mol. The third-order valence-corrected chi connectivity index (χ3v) is 5.37. The molecule has 2 rings (SSSR count). The van der Waals surface area contributed by atoms with Gasteiger partial charge in [-0.3, -0.25) is 0 Å². The van der Waals surface area contributed by atoms with E-state index in [9.17, 15) is 8.42 Å². The number of benzene rings is 1. The van der Waals surface area contributed by atoms with E-state index in [1.54, 1.807) is 6.07 Å². The van der Waals surface area contributed by atoms with Gasteiger partial charge in [-0.2, -0.15) is 0 Å². The molecule has 1 aromatic carbocycles. The summed E-state index contributed by atoms with van der Waals surface area (Å²) in [4.78, 5) is 0.538. The molecule has 1 aliphatic heterocycles. The van der Waals surface area contributed by atoms with Crippen LogP contribution in [0.15, 0.2) is 23.1 Å². The highest BCUT2D eigenvalue weighted by molar-refractivity contribution is 7.91. The summed E-state index contributed by atoms with van der Waals surface area (Å²) in [6, 6.07) is 5.98. The lowest BCUT2D eigenvalue weighted by atomic mass is 9.93. The van der Waals surface area contributed by atoms with Gasteiger partial charge >= 0.3 is 0 Å². The van der Waals surface area contributed by atoms with Crippen LogP contribution in [0.5, 0.6) is 0 Å². The van der Waals surface area contributed by atoms with E-state index < -0.39 is 9.84 Å². The van der Waals surface area contributed by atoms with Crippen LogP contribution in [0.3, 0.4) is 0 Å². The smallest absolute Gasteiger partial charge is 0.179 e. The van der Waals surface area contributed by atoms with Crippen molar-refractivity contribution in [1.82, 2.24) is 5.32 Å². The van der Waals surface area contributed by atoms with Gasteiger partial charge in [-0.1, -0.05) is 17.7 Å². The third kappa shape index (κ3) is 2.38. The van der Waals surface area contributed by atoms with E-state index in [1.165, 1.54) is 0 Å². The molecule has 94 valence electrons. The molecule has 0 spiro atoms. The van der Waals surface area contributed by atoms with Crippen molar-refractivity contribution >= 4 is 9.84 Å². The van der Waals surface area contributed by atoms with Crippen molar-refractivity contribution in [2.45, 2.75) is 37.1 Å². The second-order valence-corrected chi connectivity index (χ2v) is 6.95. The van der Waals surface area contributed by atoms with Crippen molar-refractivity contribution in [2.75, 3.05) is 12.8 Å². The van der Waals surface area contributed by atoms with Crippen LogP contribution in [0.2, 0.25) is 0 Å². The fraction of sp³-hybridized carbons (Fsp3) is 0.538. The molecule has 4 heteroatoms. The molecule has 1 heterocycles. The SMILES string of the molecule is CNC(C)CC1CS(=O)(=O)c2ccc(C)cc21. The van der Waals surface area contributed by atoms with E-state index in [0.29, 0.717) is 10.9 Å². The zero-order valence-electron chi connectivity index (χ0n) is 10.5. The molecule has 2 atom stereocenters. The Balaban J connectivity index is 2.39. The van der Waals surface area contributed by atoms with Gasteiger partial charge in [0.2, 0.25) is 0 Å². The predicted octanol–water partition coefficient (Wildman–Crippen LogP) is 1.86. The molecule has 0 radical (unpaired) electrons. The van der Waals surface area contributed by atoms with Crippen molar-refractivity contribution in [3.63, 3.8) is 0 Å². The largest absolute Gasteiger partial charge is 0.317 e. The molecule has 0 bridgehead atoms. The van der Waals surface area contributed by atoms with Crippen LogP contribution in [0.4, 0.5) is 0 Å². The fourth-order valence-electron chi connectivity index (χ4n) is 2.45. The second kappa shape index (κ2) is 4.42. The minimum atomic E-state index is -3.05. The molecular weight excluding hydrogens is 234 g/mol. The highest BCUT2D eigenvalue weighted by atomic mass is 32.2. The Morgan fingerprint density at radius 3 is 2.82 bits per heavy atom. The Morgan fingerprint density at radius 2 is 2.18 bits per heavy atom. The minimum absolute atomic E-state index is 0.136. The van der Waals surface area contributed by atoms with Gasteiger partial charge in [0.05, 0.1) is 10.6 Å². The lowest BCUT2D eigenvalue weighted by Crippen LogP contribution is -2.24. The number of rotatable bonds is 3. The van der Waals surface area contributed by atoms with Crippen LogP contribution in [-0.4, -0.2) is 27.3 Å². The minimum Gasteiger partial charge on any atom is -0.317 e. The molecule has 0 amide bonds. The zero-order chi connectivity index (χ0) is 12.6. The topological polar surface area (TPSA) is 46.2 Å². The summed E-state index contributed by atoms with van der Waals surface area (Å²) in [6.07, 6.45) is 0.867. The summed E-state index contributed by atoms with van der Waals surface area (Å²) in [6.45, 7) is 4.09. The third-order valence-electron chi connectivity index (χ3n) is 3.49. The van der Waals surface area contributed by atoms with Gasteiger partial charge in [0.1, 0.15) is 0 Å². The summed E-state index contributed by atoms with van der Waals surface area (Å²) < 4.78 is 24.0. The number of hydrogen-bond acceptors (Lipinski definition) is 3. The van der Waals surface area contributed by atoms with Crippen LogP contribution in [0.1, 0.15) is 30.4 Å². The Bertz CT molecular complexity index is 522. The highest BCUT2D eigenvalue weighted by Crippen LogP contribution is 2.37. The molecule has 3 nitrogen and oxygen atoms in total. The van der Waals surface area contributed by atoms with Crippen LogP contribution in [-0.2, 0) is 9.84 Å². The maximum Gasteiger partial charge on any atom is 0.179 e. The van der Waals surface area contributed by atoms with Crippen molar-refractivity contribution in [3.05, 3.63) is 29.3 Å². The summed E-state index contributed by atoms with van der Waals surface area (Å²) in [7, 11) is -1.15. The Hall–Kier alpha value is -0.870. The first-order valence-electron chi connectivity index (χ1n) is 5.94. The van der Waals surface area contributed by atoms with Crippen LogP contribution in [0, 0.1) is 6.92 Å². The lowest BCUT2D eigenvalue weighted by Gasteiger charge is -2.16. The van der Waals surface area contributed by atoms with E-state index in [4.69, 9.17) is 0 Å². The molecule has 17 heavy (non-hydrogen) atoms. The van der Waals surface area contributed by atoms with Gasteiger partial charge < -0.3 is 5.32 Å². The standard InChI is InChI=1S/C13H19NO2S/c1-9-4-5-13-12(6-9)11(7-10(2)14-3)8-17(13,15)16/h4-6,10-11,14H,7-8H2,1-3H3. The monoisotopic (exact) mass is 253 g/mol. The molecule has 2 unspecified atom stereocenters. The Morgan fingerprint density at radius 1 is 1.47 bits per heavy atom. The zero-order valence-corrected chi connectivity index (χ0v) is 11.3. The fourth-order valence-corrected chi connectivity index (χ4v) is 4.34. The number of fused-ring (bicyclic) bond motifs is 1. The Kier molecular flexibility index (Phi) is 3.27. The van der Waals surface area contributed by atoms with Gasteiger partial charge in [0, 0.05) is 12.0 Å². The van der Waals surface area contributed by atoms with E-state index >= 15 is 0 Å². The van der Waals surface area contributed by atoms with Crippen LogP contribution in [0.25, 0.3) is 0 Å². The van der Waals surface area contributed by atoms with Gasteiger partial charge in [-0.05, 0) is 38.9 Å². The van der Waals surface area contributed by atoms with Crippen LogP contribution >= 0.6 is 0 Å². The Labute approximate surface area is 103 Å². The maximum atomic E-state index is 12.0. The van der Waals surface area contributed by atoms with E-state index in [0.717, 1.165) is 17.5 Å². The normalized spacial score (nSPS) is 23.4. The van der Waals surface area contributed by atoms with Crippen LogP contribution < -0.4 is 5.32 Å². The molecule has 0 saturated carbocycles. The first-order chi connectivity index (χ1) is 7.94. The maximum absolute atomic E-state index is 12.0. The highest BCUT2D eigenvalue weighted by Gasteiger charge is 2.34. The summed E-state index contributed by atoms with van der Waals surface area (Å²) >= 11 is 0.